The van der Waals surface area contributed by atoms with Crippen molar-refractivity contribution in [1.82, 2.24) is 0 Å². The molecule has 0 aromatic heterocycles. The second kappa shape index (κ2) is 5.13. The number of hydrogen-bond acceptors (Lipinski definition) is 2. The summed E-state index contributed by atoms with van der Waals surface area (Å²) in [6.07, 6.45) is 9.99. The van der Waals surface area contributed by atoms with E-state index < -0.39 is 0 Å². The van der Waals surface area contributed by atoms with Crippen molar-refractivity contribution >= 4 is 0 Å². The van der Waals surface area contributed by atoms with Crippen LogP contribution in [-0.2, 0) is 4.74 Å². The molecule has 0 spiro atoms. The smallest absolute Gasteiger partial charge is 0.0576 e. The van der Waals surface area contributed by atoms with Crippen molar-refractivity contribution in [1.29, 1.82) is 0 Å². The Labute approximate surface area is 87.2 Å². The van der Waals surface area contributed by atoms with E-state index in [1.54, 1.807) is 0 Å². The average Bonchev–Trinajstić information content (AvgIpc) is 2.64. The van der Waals surface area contributed by atoms with E-state index in [4.69, 9.17) is 10.5 Å². The topological polar surface area (TPSA) is 35.2 Å². The lowest BCUT2D eigenvalue weighted by Gasteiger charge is -2.36. The summed E-state index contributed by atoms with van der Waals surface area (Å²) in [5, 5.41) is 0. The summed E-state index contributed by atoms with van der Waals surface area (Å²) in [7, 11) is 0. The van der Waals surface area contributed by atoms with Crippen LogP contribution in [0.1, 0.15) is 44.9 Å². The van der Waals surface area contributed by atoms with Gasteiger partial charge in [0.2, 0.25) is 0 Å². The Morgan fingerprint density at radius 1 is 1.07 bits per heavy atom. The molecular weight excluding hydrogens is 174 g/mol. The molecule has 1 saturated carbocycles. The SMILES string of the molecule is NCC1CCC1CCCC1CCCO1. The van der Waals surface area contributed by atoms with Gasteiger partial charge < -0.3 is 10.5 Å². The van der Waals surface area contributed by atoms with Gasteiger partial charge in [0.15, 0.2) is 0 Å². The van der Waals surface area contributed by atoms with Gasteiger partial charge in [0.1, 0.15) is 0 Å². The Morgan fingerprint density at radius 3 is 2.50 bits per heavy atom. The van der Waals surface area contributed by atoms with Crippen LogP contribution in [0.3, 0.4) is 0 Å². The van der Waals surface area contributed by atoms with E-state index in [0.717, 1.165) is 25.0 Å². The Bertz CT molecular complexity index is 164. The molecule has 2 fully saturated rings. The first kappa shape index (κ1) is 10.4. The Hall–Kier alpha value is -0.0800. The Kier molecular flexibility index (Phi) is 3.82. The van der Waals surface area contributed by atoms with Crippen LogP contribution < -0.4 is 5.73 Å². The minimum absolute atomic E-state index is 0.589. The van der Waals surface area contributed by atoms with Crippen molar-refractivity contribution < 1.29 is 4.74 Å². The molecule has 3 unspecified atom stereocenters. The summed E-state index contributed by atoms with van der Waals surface area (Å²) in [5.41, 5.74) is 5.69. The van der Waals surface area contributed by atoms with E-state index in [0.29, 0.717) is 6.10 Å². The second-order valence-corrected chi connectivity index (χ2v) is 4.90. The Balaban J connectivity index is 1.54. The summed E-state index contributed by atoms with van der Waals surface area (Å²) in [6.45, 7) is 1.91. The molecule has 0 aromatic carbocycles. The molecule has 3 atom stereocenters. The third-order valence-electron chi connectivity index (χ3n) is 4.00. The van der Waals surface area contributed by atoms with Crippen molar-refractivity contribution in [2.75, 3.05) is 13.2 Å². The molecule has 0 bridgehead atoms. The normalized spacial score (nSPS) is 37.1. The predicted molar refractivity (Wildman–Crippen MR) is 58.1 cm³/mol. The van der Waals surface area contributed by atoms with Gasteiger partial charge >= 0.3 is 0 Å². The molecule has 2 heteroatoms. The maximum atomic E-state index is 5.69. The number of rotatable bonds is 5. The number of nitrogens with two attached hydrogens (primary N) is 1. The monoisotopic (exact) mass is 197 g/mol. The molecule has 1 heterocycles. The van der Waals surface area contributed by atoms with Gasteiger partial charge in [-0.1, -0.05) is 12.8 Å². The van der Waals surface area contributed by atoms with Gasteiger partial charge in [-0.15, -0.1) is 0 Å². The molecule has 0 radical (unpaired) electrons. The third kappa shape index (κ3) is 2.48. The fourth-order valence-electron chi connectivity index (χ4n) is 2.81. The fourth-order valence-corrected chi connectivity index (χ4v) is 2.81. The molecule has 1 saturated heterocycles. The standard InChI is InChI=1S/C12H23NO/c13-9-11-7-6-10(11)3-1-4-12-5-2-8-14-12/h10-12H,1-9,13H2. The van der Waals surface area contributed by atoms with Gasteiger partial charge in [-0.25, -0.2) is 0 Å². The summed E-state index contributed by atoms with van der Waals surface area (Å²) in [5.74, 6) is 1.79. The van der Waals surface area contributed by atoms with Crippen LogP contribution in [0.25, 0.3) is 0 Å². The Morgan fingerprint density at radius 2 is 1.93 bits per heavy atom. The minimum Gasteiger partial charge on any atom is -0.378 e. The van der Waals surface area contributed by atoms with Gasteiger partial charge in [0.05, 0.1) is 6.10 Å². The average molecular weight is 197 g/mol. The van der Waals surface area contributed by atoms with Crippen LogP contribution in [-0.4, -0.2) is 19.3 Å². The van der Waals surface area contributed by atoms with E-state index in [1.807, 2.05) is 0 Å². The molecule has 2 aliphatic rings. The largest absolute Gasteiger partial charge is 0.378 e. The molecule has 0 amide bonds. The van der Waals surface area contributed by atoms with Crippen molar-refractivity contribution in [3.63, 3.8) is 0 Å². The fraction of sp³-hybridized carbons (Fsp3) is 1.00. The van der Waals surface area contributed by atoms with Crippen molar-refractivity contribution in [3.05, 3.63) is 0 Å². The van der Waals surface area contributed by atoms with E-state index in [1.165, 1.54) is 44.9 Å². The highest BCUT2D eigenvalue weighted by Gasteiger charge is 2.29. The first-order valence-electron chi connectivity index (χ1n) is 6.22. The predicted octanol–water partition coefficient (Wildman–Crippen LogP) is 2.32. The van der Waals surface area contributed by atoms with E-state index >= 15 is 0 Å². The van der Waals surface area contributed by atoms with E-state index in [9.17, 15) is 0 Å². The lowest BCUT2D eigenvalue weighted by atomic mass is 9.71. The van der Waals surface area contributed by atoms with Gasteiger partial charge in [0.25, 0.3) is 0 Å². The molecule has 1 aliphatic heterocycles. The van der Waals surface area contributed by atoms with Crippen LogP contribution in [0.15, 0.2) is 0 Å². The van der Waals surface area contributed by atoms with Crippen LogP contribution >= 0.6 is 0 Å². The maximum absolute atomic E-state index is 5.69. The summed E-state index contributed by atoms with van der Waals surface area (Å²) in [6, 6.07) is 0. The van der Waals surface area contributed by atoms with Crippen LogP contribution in [0.5, 0.6) is 0 Å². The number of hydrogen-bond donors (Lipinski definition) is 1. The molecular formula is C12H23NO. The lowest BCUT2D eigenvalue weighted by molar-refractivity contribution is 0.0944. The summed E-state index contributed by atoms with van der Waals surface area (Å²) >= 11 is 0. The molecule has 2 nitrogen and oxygen atoms in total. The number of ether oxygens (including phenoxy) is 1. The van der Waals surface area contributed by atoms with Gasteiger partial charge in [-0.2, -0.15) is 0 Å². The summed E-state index contributed by atoms with van der Waals surface area (Å²) in [4.78, 5) is 0. The first-order chi connectivity index (χ1) is 6.90. The van der Waals surface area contributed by atoms with Gasteiger partial charge in [-0.05, 0) is 50.5 Å². The van der Waals surface area contributed by atoms with Crippen molar-refractivity contribution in [2.45, 2.75) is 51.0 Å². The third-order valence-corrected chi connectivity index (χ3v) is 4.00. The minimum atomic E-state index is 0.589. The van der Waals surface area contributed by atoms with E-state index in [-0.39, 0.29) is 0 Å². The maximum Gasteiger partial charge on any atom is 0.0576 e. The lowest BCUT2D eigenvalue weighted by Crippen LogP contribution is -2.32. The van der Waals surface area contributed by atoms with Crippen LogP contribution in [0.4, 0.5) is 0 Å². The van der Waals surface area contributed by atoms with Gasteiger partial charge in [0, 0.05) is 6.61 Å². The zero-order valence-corrected chi connectivity index (χ0v) is 9.08. The van der Waals surface area contributed by atoms with Crippen LogP contribution in [0, 0.1) is 11.8 Å². The highest BCUT2D eigenvalue weighted by atomic mass is 16.5. The molecule has 2 N–H and O–H groups in total. The van der Waals surface area contributed by atoms with E-state index in [2.05, 4.69) is 0 Å². The molecule has 82 valence electrons. The zero-order chi connectivity index (χ0) is 9.80. The van der Waals surface area contributed by atoms with Gasteiger partial charge in [-0.3, -0.25) is 0 Å². The highest BCUT2D eigenvalue weighted by molar-refractivity contribution is 4.81. The van der Waals surface area contributed by atoms with Crippen LogP contribution in [0.2, 0.25) is 0 Å². The molecule has 14 heavy (non-hydrogen) atoms. The summed E-state index contributed by atoms with van der Waals surface area (Å²) < 4.78 is 5.61. The van der Waals surface area contributed by atoms with Crippen molar-refractivity contribution in [2.24, 2.45) is 17.6 Å². The zero-order valence-electron chi connectivity index (χ0n) is 9.08. The molecule has 0 aromatic rings. The quantitative estimate of drug-likeness (QED) is 0.734. The molecule has 1 aliphatic carbocycles. The first-order valence-corrected chi connectivity index (χ1v) is 6.22. The molecule has 2 rings (SSSR count). The second-order valence-electron chi connectivity index (χ2n) is 4.90. The highest BCUT2D eigenvalue weighted by Crippen LogP contribution is 2.37. The van der Waals surface area contributed by atoms with Crippen molar-refractivity contribution in [3.8, 4) is 0 Å².